The SMILES string of the molecule is CCCCN(Cc1ccc(OCC(=O)[O-])c(C)c1)c1cncc(-c2ccc(C(F)(F)F)cc2)n1. The number of rotatable bonds is 10. The van der Waals surface area contributed by atoms with Gasteiger partial charge in [0.05, 0.1) is 29.6 Å². The molecule has 180 valence electrons. The normalized spacial score (nSPS) is 11.3. The highest BCUT2D eigenvalue weighted by Gasteiger charge is 2.30. The van der Waals surface area contributed by atoms with Gasteiger partial charge in [0.1, 0.15) is 18.2 Å². The predicted molar refractivity (Wildman–Crippen MR) is 120 cm³/mol. The van der Waals surface area contributed by atoms with Crippen molar-refractivity contribution in [3.8, 4) is 17.0 Å². The Labute approximate surface area is 196 Å². The molecule has 0 aliphatic heterocycles. The topological polar surface area (TPSA) is 78.4 Å². The van der Waals surface area contributed by atoms with E-state index < -0.39 is 24.3 Å². The van der Waals surface area contributed by atoms with Gasteiger partial charge in [0.2, 0.25) is 0 Å². The number of anilines is 1. The molecule has 1 heterocycles. The molecule has 0 radical (unpaired) electrons. The maximum atomic E-state index is 12.9. The lowest BCUT2D eigenvalue weighted by Crippen LogP contribution is -2.29. The molecule has 0 spiro atoms. The molecule has 0 amide bonds. The molecule has 1 aromatic heterocycles. The van der Waals surface area contributed by atoms with Crippen LogP contribution in [0.4, 0.5) is 19.0 Å². The van der Waals surface area contributed by atoms with Crippen LogP contribution < -0.4 is 14.7 Å². The molecular weight excluding hydrogens is 447 g/mol. The lowest BCUT2D eigenvalue weighted by molar-refractivity contribution is -0.307. The standard InChI is InChI=1S/C25H26F3N3O3/c1-3-4-11-31(15-18-5-10-22(17(2)12-18)34-16-24(32)33)23-14-29-13-21(30-23)19-6-8-20(9-7-19)25(26,27)28/h5-10,12-14H,3-4,11,15-16H2,1-2H3,(H,32,33)/p-1. The number of alkyl halides is 3. The quantitative estimate of drug-likeness (QED) is 0.435. The summed E-state index contributed by atoms with van der Waals surface area (Å²) < 4.78 is 43.9. The average molecular weight is 472 g/mol. The van der Waals surface area contributed by atoms with Crippen molar-refractivity contribution in [1.82, 2.24) is 9.97 Å². The number of aromatic nitrogens is 2. The van der Waals surface area contributed by atoms with Gasteiger partial charge in [-0.1, -0.05) is 37.6 Å². The molecule has 0 bridgehead atoms. The van der Waals surface area contributed by atoms with E-state index in [9.17, 15) is 23.1 Å². The second kappa shape index (κ2) is 11.0. The fourth-order valence-corrected chi connectivity index (χ4v) is 3.43. The number of benzene rings is 2. The Morgan fingerprint density at radius 2 is 1.85 bits per heavy atom. The van der Waals surface area contributed by atoms with E-state index >= 15 is 0 Å². The molecule has 0 unspecified atom stereocenters. The monoisotopic (exact) mass is 472 g/mol. The van der Waals surface area contributed by atoms with Crippen LogP contribution in [0.25, 0.3) is 11.3 Å². The largest absolute Gasteiger partial charge is 0.546 e. The summed E-state index contributed by atoms with van der Waals surface area (Å²) in [7, 11) is 0. The number of carboxylic acids is 1. The molecule has 0 fully saturated rings. The summed E-state index contributed by atoms with van der Waals surface area (Å²) in [4.78, 5) is 21.6. The molecule has 0 atom stereocenters. The highest BCUT2D eigenvalue weighted by atomic mass is 19.4. The first-order chi connectivity index (χ1) is 16.2. The van der Waals surface area contributed by atoms with Crippen LogP contribution in [0.15, 0.2) is 54.9 Å². The van der Waals surface area contributed by atoms with Gasteiger partial charge >= 0.3 is 6.18 Å². The number of hydrogen-bond acceptors (Lipinski definition) is 6. The van der Waals surface area contributed by atoms with Gasteiger partial charge in [0, 0.05) is 18.7 Å². The van der Waals surface area contributed by atoms with Crippen molar-refractivity contribution in [2.45, 2.75) is 39.4 Å². The molecule has 3 rings (SSSR count). The molecule has 34 heavy (non-hydrogen) atoms. The Hall–Kier alpha value is -3.62. The number of ether oxygens (including phenoxy) is 1. The Balaban J connectivity index is 1.83. The van der Waals surface area contributed by atoms with Crippen molar-refractivity contribution in [3.05, 3.63) is 71.5 Å². The Bertz CT molecular complexity index is 1120. The van der Waals surface area contributed by atoms with Gasteiger partial charge in [-0.3, -0.25) is 4.98 Å². The van der Waals surface area contributed by atoms with Gasteiger partial charge in [0.15, 0.2) is 0 Å². The zero-order chi connectivity index (χ0) is 24.7. The number of aryl methyl sites for hydroxylation is 1. The van der Waals surface area contributed by atoms with E-state index in [1.807, 2.05) is 19.1 Å². The minimum atomic E-state index is -4.40. The van der Waals surface area contributed by atoms with Gasteiger partial charge in [-0.05, 0) is 42.7 Å². The predicted octanol–water partition coefficient (Wildman–Crippen LogP) is 4.41. The van der Waals surface area contributed by atoms with E-state index in [4.69, 9.17) is 4.74 Å². The summed E-state index contributed by atoms with van der Waals surface area (Å²) in [6.07, 6.45) is 0.646. The smallest absolute Gasteiger partial charge is 0.416 e. The van der Waals surface area contributed by atoms with Crippen LogP contribution in [0.1, 0.15) is 36.5 Å². The van der Waals surface area contributed by atoms with E-state index in [1.165, 1.54) is 18.3 Å². The molecule has 0 N–H and O–H groups in total. The summed E-state index contributed by atoms with van der Waals surface area (Å²) in [6.45, 7) is 4.62. The molecule has 0 saturated carbocycles. The zero-order valence-electron chi connectivity index (χ0n) is 18.9. The van der Waals surface area contributed by atoms with Crippen molar-refractivity contribution >= 4 is 11.8 Å². The van der Waals surface area contributed by atoms with E-state index in [-0.39, 0.29) is 0 Å². The number of unbranched alkanes of at least 4 members (excludes halogenated alkanes) is 1. The van der Waals surface area contributed by atoms with Crippen LogP contribution in [0.5, 0.6) is 5.75 Å². The first kappa shape index (κ1) is 25.0. The lowest BCUT2D eigenvalue weighted by atomic mass is 10.1. The first-order valence-electron chi connectivity index (χ1n) is 10.8. The fraction of sp³-hybridized carbons (Fsp3) is 0.320. The van der Waals surface area contributed by atoms with Crippen LogP contribution in [0.2, 0.25) is 0 Å². The molecule has 0 saturated heterocycles. The van der Waals surface area contributed by atoms with Gasteiger partial charge in [-0.2, -0.15) is 13.2 Å². The van der Waals surface area contributed by atoms with E-state index in [0.29, 0.717) is 35.9 Å². The minimum absolute atomic E-state index is 0.470. The van der Waals surface area contributed by atoms with Crippen LogP contribution in [0, 0.1) is 6.92 Å². The maximum absolute atomic E-state index is 12.9. The first-order valence-corrected chi connectivity index (χ1v) is 10.8. The lowest BCUT2D eigenvalue weighted by Gasteiger charge is -2.24. The number of aliphatic carboxylic acids is 1. The van der Waals surface area contributed by atoms with E-state index in [0.717, 1.165) is 36.1 Å². The van der Waals surface area contributed by atoms with Crippen LogP contribution >= 0.6 is 0 Å². The Morgan fingerprint density at radius 3 is 2.47 bits per heavy atom. The molecule has 0 aliphatic rings. The zero-order valence-corrected chi connectivity index (χ0v) is 18.9. The Morgan fingerprint density at radius 1 is 1.12 bits per heavy atom. The third-order valence-electron chi connectivity index (χ3n) is 5.19. The van der Waals surface area contributed by atoms with Crippen molar-refractivity contribution in [2.24, 2.45) is 0 Å². The van der Waals surface area contributed by atoms with E-state index in [2.05, 4.69) is 21.8 Å². The van der Waals surface area contributed by atoms with Crippen LogP contribution in [-0.4, -0.2) is 29.1 Å². The molecule has 0 aliphatic carbocycles. The van der Waals surface area contributed by atoms with Gasteiger partial charge in [0.25, 0.3) is 0 Å². The summed E-state index contributed by atoms with van der Waals surface area (Å²) in [5.74, 6) is -0.210. The minimum Gasteiger partial charge on any atom is -0.546 e. The molecule has 3 aromatic rings. The number of nitrogens with zero attached hydrogens (tertiary/aromatic N) is 3. The molecule has 9 heteroatoms. The van der Waals surface area contributed by atoms with Crippen molar-refractivity contribution in [3.63, 3.8) is 0 Å². The highest BCUT2D eigenvalue weighted by Crippen LogP contribution is 2.31. The Kier molecular flexibility index (Phi) is 8.09. The number of carbonyl (C=O) groups excluding carboxylic acids is 1. The van der Waals surface area contributed by atoms with Crippen molar-refractivity contribution in [2.75, 3.05) is 18.1 Å². The van der Waals surface area contributed by atoms with Gasteiger partial charge < -0.3 is 19.5 Å². The van der Waals surface area contributed by atoms with E-state index in [1.54, 1.807) is 12.3 Å². The van der Waals surface area contributed by atoms with Crippen molar-refractivity contribution < 1.29 is 27.8 Å². The molecule has 2 aromatic carbocycles. The third-order valence-corrected chi connectivity index (χ3v) is 5.19. The summed E-state index contributed by atoms with van der Waals surface area (Å²) >= 11 is 0. The number of carboxylic acid groups (broad SMARTS) is 1. The second-order valence-corrected chi connectivity index (χ2v) is 7.87. The number of halogens is 3. The maximum Gasteiger partial charge on any atom is 0.416 e. The summed E-state index contributed by atoms with van der Waals surface area (Å²) in [5.41, 5.74) is 2.07. The number of carbonyl (C=O) groups is 1. The van der Waals surface area contributed by atoms with Crippen LogP contribution in [0.3, 0.4) is 0 Å². The summed E-state index contributed by atoms with van der Waals surface area (Å²) in [6, 6.07) is 10.3. The average Bonchev–Trinajstić information content (AvgIpc) is 2.80. The highest BCUT2D eigenvalue weighted by molar-refractivity contribution is 5.66. The second-order valence-electron chi connectivity index (χ2n) is 7.87. The van der Waals surface area contributed by atoms with Crippen LogP contribution in [-0.2, 0) is 17.5 Å². The molecular formula is C25H25F3N3O3-. The fourth-order valence-electron chi connectivity index (χ4n) is 3.43. The summed E-state index contributed by atoms with van der Waals surface area (Å²) in [5, 5.41) is 10.6. The van der Waals surface area contributed by atoms with Gasteiger partial charge in [-0.25, -0.2) is 4.98 Å². The third kappa shape index (κ3) is 6.69. The molecule has 6 nitrogen and oxygen atoms in total. The number of hydrogen-bond donors (Lipinski definition) is 0. The van der Waals surface area contributed by atoms with Gasteiger partial charge in [-0.15, -0.1) is 0 Å². The van der Waals surface area contributed by atoms with Crippen molar-refractivity contribution in [1.29, 1.82) is 0 Å².